The topological polar surface area (TPSA) is 67.5 Å². The van der Waals surface area contributed by atoms with Crippen LogP contribution in [-0.2, 0) is 19.5 Å². The van der Waals surface area contributed by atoms with Gasteiger partial charge in [-0.05, 0) is 44.0 Å². The second-order valence-corrected chi connectivity index (χ2v) is 7.71. The maximum Gasteiger partial charge on any atom is 0.320 e. The maximum atomic E-state index is 6.20. The third-order valence-electron chi connectivity index (χ3n) is 5.38. The molecule has 3 heterocycles. The van der Waals surface area contributed by atoms with Crippen LogP contribution in [0, 0.1) is 0 Å². The van der Waals surface area contributed by atoms with Crippen molar-refractivity contribution in [1.82, 2.24) is 14.9 Å². The lowest BCUT2D eigenvalue weighted by molar-refractivity contribution is 0.312. The van der Waals surface area contributed by atoms with E-state index in [0.29, 0.717) is 18.4 Å². The van der Waals surface area contributed by atoms with Crippen molar-refractivity contribution < 1.29 is 4.74 Å². The van der Waals surface area contributed by atoms with Gasteiger partial charge in [0.1, 0.15) is 11.6 Å². The van der Waals surface area contributed by atoms with Gasteiger partial charge in [-0.2, -0.15) is 9.97 Å². The molecule has 2 aliphatic rings. The van der Waals surface area contributed by atoms with Crippen molar-refractivity contribution in [1.29, 1.82) is 0 Å². The van der Waals surface area contributed by atoms with Crippen LogP contribution in [-0.4, -0.2) is 41.1 Å². The van der Waals surface area contributed by atoms with Gasteiger partial charge in [-0.1, -0.05) is 36.4 Å². The first-order valence-corrected chi connectivity index (χ1v) is 10.1. The van der Waals surface area contributed by atoms with E-state index >= 15 is 0 Å². The van der Waals surface area contributed by atoms with E-state index in [1.807, 2.05) is 6.92 Å². The molecule has 1 fully saturated rings. The van der Waals surface area contributed by atoms with Crippen LogP contribution in [0.3, 0.4) is 0 Å². The first-order valence-electron chi connectivity index (χ1n) is 10.1. The number of rotatable bonds is 6. The Morgan fingerprint density at radius 2 is 1.89 bits per heavy atom. The molecule has 1 aromatic carbocycles. The van der Waals surface area contributed by atoms with Gasteiger partial charge in [-0.15, -0.1) is 0 Å². The second-order valence-electron chi connectivity index (χ2n) is 7.71. The highest BCUT2D eigenvalue weighted by atomic mass is 16.5. The van der Waals surface area contributed by atoms with E-state index in [0.717, 1.165) is 43.0 Å². The molecule has 28 heavy (non-hydrogen) atoms. The molecule has 0 bridgehead atoms. The van der Waals surface area contributed by atoms with Crippen LogP contribution in [0.15, 0.2) is 36.4 Å². The third kappa shape index (κ3) is 4.12. The fraction of sp³-hybridized carbons (Fsp3) is 0.455. The van der Waals surface area contributed by atoms with Gasteiger partial charge in [0.25, 0.3) is 0 Å². The molecule has 4 rings (SSSR count). The summed E-state index contributed by atoms with van der Waals surface area (Å²) in [6.45, 7) is 11.6. The Kier molecular flexibility index (Phi) is 5.48. The van der Waals surface area contributed by atoms with E-state index < -0.39 is 0 Å². The van der Waals surface area contributed by atoms with Crippen LogP contribution in [0.25, 0.3) is 0 Å². The van der Waals surface area contributed by atoms with E-state index in [1.54, 1.807) is 0 Å². The van der Waals surface area contributed by atoms with Crippen LogP contribution in [0.4, 0.5) is 11.6 Å². The molecular weight excluding hydrogens is 350 g/mol. The Morgan fingerprint density at radius 3 is 2.64 bits per heavy atom. The lowest BCUT2D eigenvalue weighted by Crippen LogP contribution is -2.32. The number of hydrogen-bond acceptors (Lipinski definition) is 6. The molecular formula is C22H29N5O. The Labute approximate surface area is 167 Å². The maximum absolute atomic E-state index is 6.20. The van der Waals surface area contributed by atoms with Crippen LogP contribution >= 0.6 is 0 Å². The number of nitrogen functional groups attached to an aromatic ring is 1. The van der Waals surface area contributed by atoms with E-state index in [-0.39, 0.29) is 0 Å². The quantitative estimate of drug-likeness (QED) is 0.778. The fourth-order valence-electron chi connectivity index (χ4n) is 4.12. The van der Waals surface area contributed by atoms with Crippen molar-refractivity contribution in [2.24, 2.45) is 0 Å². The van der Waals surface area contributed by atoms with Crippen molar-refractivity contribution >= 4 is 11.6 Å². The van der Waals surface area contributed by atoms with Gasteiger partial charge in [-0.3, -0.25) is 4.90 Å². The predicted octanol–water partition coefficient (Wildman–Crippen LogP) is 3.17. The third-order valence-corrected chi connectivity index (χ3v) is 5.38. The first kappa shape index (κ1) is 18.7. The standard InChI is InChI=1S/C22H29N5O/c1-3-28-22-24-20(23)19-11-16(2)13-27(21(19)25-22)15-18-8-6-7-17(12-18)14-26-9-4-5-10-26/h6-8,12H,2-5,9-11,13-15H2,1H3,(H2,23,24,25). The van der Waals surface area contributed by atoms with Crippen molar-refractivity contribution in [3.63, 3.8) is 0 Å². The average molecular weight is 380 g/mol. The number of fused-ring (bicyclic) bond motifs is 1. The molecule has 0 atom stereocenters. The van der Waals surface area contributed by atoms with Gasteiger partial charge < -0.3 is 15.4 Å². The van der Waals surface area contributed by atoms with Crippen molar-refractivity contribution in [3.8, 4) is 6.01 Å². The van der Waals surface area contributed by atoms with Crippen LogP contribution in [0.2, 0.25) is 0 Å². The fourth-order valence-corrected chi connectivity index (χ4v) is 4.12. The lowest BCUT2D eigenvalue weighted by Gasteiger charge is -2.32. The van der Waals surface area contributed by atoms with Crippen molar-refractivity contribution in [2.75, 3.05) is 36.9 Å². The molecule has 0 aliphatic carbocycles. The molecule has 6 heteroatoms. The Hall–Kier alpha value is -2.60. The molecule has 0 spiro atoms. The number of benzene rings is 1. The molecule has 2 aliphatic heterocycles. The minimum Gasteiger partial charge on any atom is -0.464 e. The number of aromatic nitrogens is 2. The lowest BCUT2D eigenvalue weighted by atomic mass is 10.0. The summed E-state index contributed by atoms with van der Waals surface area (Å²) in [6, 6.07) is 9.21. The molecule has 0 radical (unpaired) electrons. The molecule has 1 saturated heterocycles. The minimum atomic E-state index is 0.346. The number of likely N-dealkylation sites (tertiary alicyclic amines) is 1. The molecule has 2 aromatic rings. The SMILES string of the molecule is C=C1Cc2c(N)nc(OCC)nc2N(Cc2cccc(CN3CCCC3)c2)C1. The van der Waals surface area contributed by atoms with Crippen molar-refractivity contribution in [3.05, 3.63) is 53.1 Å². The zero-order chi connectivity index (χ0) is 19.5. The van der Waals surface area contributed by atoms with Gasteiger partial charge in [0.05, 0.1) is 6.61 Å². The first-order chi connectivity index (χ1) is 13.6. The highest BCUT2D eigenvalue weighted by Gasteiger charge is 2.25. The van der Waals surface area contributed by atoms with E-state index in [1.165, 1.54) is 37.1 Å². The smallest absolute Gasteiger partial charge is 0.320 e. The number of nitrogens with zero attached hydrogens (tertiary/aromatic N) is 4. The van der Waals surface area contributed by atoms with Crippen molar-refractivity contribution in [2.45, 2.75) is 39.3 Å². The second kappa shape index (κ2) is 8.19. The van der Waals surface area contributed by atoms with E-state index in [2.05, 4.69) is 50.6 Å². The van der Waals surface area contributed by atoms with Crippen LogP contribution in [0.5, 0.6) is 6.01 Å². The van der Waals surface area contributed by atoms with Crippen LogP contribution < -0.4 is 15.4 Å². The highest BCUT2D eigenvalue weighted by molar-refractivity contribution is 5.62. The molecule has 1 aromatic heterocycles. The van der Waals surface area contributed by atoms with E-state index in [9.17, 15) is 0 Å². The predicted molar refractivity (Wildman–Crippen MR) is 112 cm³/mol. The van der Waals surface area contributed by atoms with Gasteiger partial charge in [0.15, 0.2) is 0 Å². The summed E-state index contributed by atoms with van der Waals surface area (Å²) < 4.78 is 5.51. The number of hydrogen-bond donors (Lipinski definition) is 1. The van der Waals surface area contributed by atoms with Crippen LogP contribution in [0.1, 0.15) is 36.5 Å². The molecule has 148 valence electrons. The Bertz CT molecular complexity index is 860. The Balaban J connectivity index is 1.57. The average Bonchev–Trinajstić information content (AvgIpc) is 3.16. The number of ether oxygens (including phenoxy) is 1. The van der Waals surface area contributed by atoms with Gasteiger partial charge in [-0.25, -0.2) is 0 Å². The number of nitrogens with two attached hydrogens (primary N) is 1. The van der Waals surface area contributed by atoms with Gasteiger partial charge in [0.2, 0.25) is 0 Å². The van der Waals surface area contributed by atoms with Gasteiger partial charge in [0, 0.05) is 31.6 Å². The number of anilines is 2. The normalized spacial score (nSPS) is 17.0. The molecule has 2 N–H and O–H groups in total. The summed E-state index contributed by atoms with van der Waals surface area (Å²) in [7, 11) is 0. The zero-order valence-corrected chi connectivity index (χ0v) is 16.7. The zero-order valence-electron chi connectivity index (χ0n) is 16.7. The van der Waals surface area contributed by atoms with E-state index in [4.69, 9.17) is 10.5 Å². The summed E-state index contributed by atoms with van der Waals surface area (Å²) in [5.41, 5.74) is 10.9. The largest absolute Gasteiger partial charge is 0.464 e. The molecule has 0 amide bonds. The molecule has 6 nitrogen and oxygen atoms in total. The summed E-state index contributed by atoms with van der Waals surface area (Å²) in [5, 5.41) is 0. The summed E-state index contributed by atoms with van der Waals surface area (Å²) in [4.78, 5) is 13.7. The highest BCUT2D eigenvalue weighted by Crippen LogP contribution is 2.33. The van der Waals surface area contributed by atoms with Gasteiger partial charge >= 0.3 is 6.01 Å². The summed E-state index contributed by atoms with van der Waals surface area (Å²) in [5.74, 6) is 1.36. The minimum absolute atomic E-state index is 0.346. The Morgan fingerprint density at radius 1 is 1.14 bits per heavy atom. The molecule has 0 unspecified atom stereocenters. The molecule has 0 saturated carbocycles. The monoisotopic (exact) mass is 379 g/mol. The summed E-state index contributed by atoms with van der Waals surface area (Å²) >= 11 is 0. The summed E-state index contributed by atoms with van der Waals surface area (Å²) in [6.07, 6.45) is 3.35.